The molecule has 8 heteroatoms. The van der Waals surface area contributed by atoms with Crippen LogP contribution in [-0.2, 0) is 11.3 Å². The summed E-state index contributed by atoms with van der Waals surface area (Å²) >= 11 is 0. The van der Waals surface area contributed by atoms with Crippen molar-refractivity contribution in [2.45, 2.75) is 57.2 Å². The first-order valence-corrected chi connectivity index (χ1v) is 10.3. The van der Waals surface area contributed by atoms with Gasteiger partial charge in [0.05, 0.1) is 24.7 Å². The van der Waals surface area contributed by atoms with Gasteiger partial charge in [-0.1, -0.05) is 19.3 Å². The van der Waals surface area contributed by atoms with Crippen molar-refractivity contribution in [1.82, 2.24) is 24.3 Å². The standard InChI is InChI=1S/C20H29N5O3/c1-28-13-12-24-17-8-5-10-21-18(17)25(20(24)27)16-9-11-23(14-16)19(26)22-15-6-3-2-4-7-15/h5,8,10,15-16H,2-4,6-7,9,11-14H2,1H3,(H,22,26). The summed E-state index contributed by atoms with van der Waals surface area (Å²) in [5, 5.41) is 3.18. The number of pyridine rings is 1. The third-order valence-electron chi connectivity index (χ3n) is 5.99. The molecule has 1 N–H and O–H groups in total. The van der Waals surface area contributed by atoms with E-state index < -0.39 is 0 Å². The number of aromatic nitrogens is 3. The van der Waals surface area contributed by atoms with Gasteiger partial charge in [0.15, 0.2) is 5.65 Å². The van der Waals surface area contributed by atoms with Crippen LogP contribution >= 0.6 is 0 Å². The molecule has 1 atom stereocenters. The summed E-state index contributed by atoms with van der Waals surface area (Å²) in [7, 11) is 1.63. The van der Waals surface area contributed by atoms with E-state index in [2.05, 4.69) is 10.3 Å². The van der Waals surface area contributed by atoms with E-state index in [1.165, 1.54) is 19.3 Å². The lowest BCUT2D eigenvalue weighted by atomic mass is 9.96. The van der Waals surface area contributed by atoms with Crippen LogP contribution < -0.4 is 11.0 Å². The molecule has 0 bridgehead atoms. The second-order valence-electron chi connectivity index (χ2n) is 7.82. The lowest BCUT2D eigenvalue weighted by Crippen LogP contribution is -2.44. The zero-order chi connectivity index (χ0) is 19.5. The highest BCUT2D eigenvalue weighted by molar-refractivity contribution is 5.75. The van der Waals surface area contributed by atoms with E-state index in [-0.39, 0.29) is 17.8 Å². The van der Waals surface area contributed by atoms with Gasteiger partial charge in [0.2, 0.25) is 0 Å². The predicted octanol–water partition coefficient (Wildman–Crippen LogP) is 2.13. The molecule has 2 aromatic heterocycles. The zero-order valence-electron chi connectivity index (χ0n) is 16.5. The Labute approximate surface area is 164 Å². The summed E-state index contributed by atoms with van der Waals surface area (Å²) in [4.78, 5) is 32.1. The molecular formula is C20H29N5O3. The van der Waals surface area contributed by atoms with Gasteiger partial charge in [-0.3, -0.25) is 9.13 Å². The molecular weight excluding hydrogens is 358 g/mol. The Balaban J connectivity index is 1.52. The summed E-state index contributed by atoms with van der Waals surface area (Å²) in [6.07, 6.45) is 8.25. The molecule has 1 aliphatic carbocycles. The van der Waals surface area contributed by atoms with Crippen molar-refractivity contribution in [3.05, 3.63) is 28.8 Å². The fraction of sp³-hybridized carbons (Fsp3) is 0.650. The van der Waals surface area contributed by atoms with Gasteiger partial charge in [0.25, 0.3) is 0 Å². The third-order valence-corrected chi connectivity index (χ3v) is 5.99. The van der Waals surface area contributed by atoms with E-state index in [1.54, 1.807) is 22.4 Å². The Hall–Kier alpha value is -2.35. The molecule has 3 heterocycles. The molecule has 1 saturated heterocycles. The molecule has 0 spiro atoms. The van der Waals surface area contributed by atoms with Crippen LogP contribution in [0.25, 0.3) is 11.2 Å². The fourth-order valence-electron chi connectivity index (χ4n) is 4.49. The molecule has 1 unspecified atom stereocenters. The average Bonchev–Trinajstić information content (AvgIpc) is 3.30. The van der Waals surface area contributed by atoms with E-state index in [0.29, 0.717) is 37.9 Å². The minimum absolute atomic E-state index is 0.00136. The van der Waals surface area contributed by atoms with Crippen LogP contribution in [0.3, 0.4) is 0 Å². The van der Waals surface area contributed by atoms with Crippen molar-refractivity contribution >= 4 is 17.2 Å². The van der Waals surface area contributed by atoms with Crippen molar-refractivity contribution in [2.24, 2.45) is 0 Å². The molecule has 0 aromatic carbocycles. The second-order valence-corrected chi connectivity index (χ2v) is 7.82. The number of carbonyl (C=O) groups excluding carboxylic acids is 1. The number of carbonyl (C=O) groups is 1. The molecule has 2 aromatic rings. The number of hydrogen-bond acceptors (Lipinski definition) is 4. The summed E-state index contributed by atoms with van der Waals surface area (Å²) < 4.78 is 8.64. The summed E-state index contributed by atoms with van der Waals surface area (Å²) in [6.45, 7) is 2.16. The van der Waals surface area contributed by atoms with Crippen molar-refractivity contribution in [1.29, 1.82) is 0 Å². The van der Waals surface area contributed by atoms with Crippen molar-refractivity contribution in [3.8, 4) is 0 Å². The van der Waals surface area contributed by atoms with Crippen LogP contribution in [0, 0.1) is 0 Å². The topological polar surface area (TPSA) is 81.4 Å². The van der Waals surface area contributed by atoms with Gasteiger partial charge in [0.1, 0.15) is 0 Å². The number of rotatable bonds is 5. The predicted molar refractivity (Wildman–Crippen MR) is 107 cm³/mol. The van der Waals surface area contributed by atoms with E-state index in [9.17, 15) is 9.59 Å². The molecule has 152 valence electrons. The molecule has 28 heavy (non-hydrogen) atoms. The highest BCUT2D eigenvalue weighted by Crippen LogP contribution is 2.25. The Kier molecular flexibility index (Phi) is 5.66. The molecule has 1 saturated carbocycles. The first kappa shape index (κ1) is 19.0. The number of urea groups is 1. The Morgan fingerprint density at radius 1 is 1.29 bits per heavy atom. The maximum Gasteiger partial charge on any atom is 0.330 e. The van der Waals surface area contributed by atoms with Gasteiger partial charge in [0, 0.05) is 32.4 Å². The second kappa shape index (κ2) is 8.34. The van der Waals surface area contributed by atoms with Gasteiger partial charge >= 0.3 is 11.7 Å². The number of hydrogen-bond donors (Lipinski definition) is 1. The van der Waals surface area contributed by atoms with Crippen LogP contribution in [0.1, 0.15) is 44.6 Å². The Morgan fingerprint density at radius 2 is 2.11 bits per heavy atom. The van der Waals surface area contributed by atoms with Crippen molar-refractivity contribution < 1.29 is 9.53 Å². The molecule has 2 fully saturated rings. The first-order valence-electron chi connectivity index (χ1n) is 10.3. The number of nitrogens with zero attached hydrogens (tertiary/aromatic N) is 4. The number of fused-ring (bicyclic) bond motifs is 1. The monoisotopic (exact) mass is 387 g/mol. The van der Waals surface area contributed by atoms with E-state index in [0.717, 1.165) is 24.8 Å². The Morgan fingerprint density at radius 3 is 2.89 bits per heavy atom. The normalized spacial score (nSPS) is 20.8. The van der Waals surface area contributed by atoms with Gasteiger partial charge in [-0.2, -0.15) is 0 Å². The van der Waals surface area contributed by atoms with E-state index in [4.69, 9.17) is 4.74 Å². The lowest BCUT2D eigenvalue weighted by molar-refractivity contribution is 0.187. The summed E-state index contributed by atoms with van der Waals surface area (Å²) in [5.41, 5.74) is 1.42. The molecule has 2 aliphatic rings. The quantitative estimate of drug-likeness (QED) is 0.852. The fourth-order valence-corrected chi connectivity index (χ4v) is 4.49. The maximum atomic E-state index is 13.1. The number of imidazole rings is 1. The van der Waals surface area contributed by atoms with Crippen molar-refractivity contribution in [2.75, 3.05) is 26.8 Å². The largest absolute Gasteiger partial charge is 0.383 e. The van der Waals surface area contributed by atoms with Crippen LogP contribution in [0.15, 0.2) is 23.1 Å². The first-order chi connectivity index (χ1) is 13.7. The zero-order valence-corrected chi connectivity index (χ0v) is 16.5. The molecule has 4 rings (SSSR count). The minimum atomic E-state index is -0.0784. The van der Waals surface area contributed by atoms with Gasteiger partial charge in [-0.15, -0.1) is 0 Å². The molecule has 0 radical (unpaired) electrons. The molecule has 1 aliphatic heterocycles. The van der Waals surface area contributed by atoms with E-state index >= 15 is 0 Å². The van der Waals surface area contributed by atoms with Crippen LogP contribution in [0.4, 0.5) is 4.79 Å². The van der Waals surface area contributed by atoms with Gasteiger partial charge in [-0.25, -0.2) is 14.6 Å². The maximum absolute atomic E-state index is 13.1. The molecule has 8 nitrogen and oxygen atoms in total. The highest BCUT2D eigenvalue weighted by atomic mass is 16.5. The minimum Gasteiger partial charge on any atom is -0.383 e. The van der Waals surface area contributed by atoms with Gasteiger partial charge in [-0.05, 0) is 31.4 Å². The number of likely N-dealkylation sites (tertiary alicyclic amines) is 1. The van der Waals surface area contributed by atoms with E-state index in [1.807, 2.05) is 17.0 Å². The summed E-state index contributed by atoms with van der Waals surface area (Å²) in [6, 6.07) is 4.00. The smallest absolute Gasteiger partial charge is 0.330 e. The number of ether oxygens (including phenoxy) is 1. The lowest BCUT2D eigenvalue weighted by Gasteiger charge is -2.26. The van der Waals surface area contributed by atoms with Gasteiger partial charge < -0.3 is 15.0 Å². The number of nitrogens with one attached hydrogen (secondary N) is 1. The number of methoxy groups -OCH3 is 1. The van der Waals surface area contributed by atoms with Crippen LogP contribution in [0.5, 0.6) is 0 Å². The highest BCUT2D eigenvalue weighted by Gasteiger charge is 2.31. The number of amides is 2. The molecule has 2 amide bonds. The average molecular weight is 387 g/mol. The van der Waals surface area contributed by atoms with Crippen molar-refractivity contribution in [3.63, 3.8) is 0 Å². The van der Waals surface area contributed by atoms with Crippen LogP contribution in [-0.4, -0.2) is 57.9 Å². The van der Waals surface area contributed by atoms with Crippen LogP contribution in [0.2, 0.25) is 0 Å². The SMILES string of the molecule is COCCn1c(=O)n(C2CCN(C(=O)NC3CCCCC3)C2)c2ncccc21. The summed E-state index contributed by atoms with van der Waals surface area (Å²) in [5.74, 6) is 0. The third kappa shape index (κ3) is 3.65. The Bertz CT molecular complexity index is 884.